The number of esters is 2. The SMILES string of the molecule is CCOC(=O)c1c(NC(=O)COC(=O)Cc2ccccc2C)oc(C)c1C(C)=O. The molecule has 8 nitrogen and oxygen atoms in total. The Kier molecular flexibility index (Phi) is 7.30. The fraction of sp³-hybridized carbons (Fsp3) is 0.333. The monoisotopic (exact) mass is 401 g/mol. The van der Waals surface area contributed by atoms with E-state index in [9.17, 15) is 19.2 Å². The van der Waals surface area contributed by atoms with E-state index in [0.717, 1.165) is 11.1 Å². The maximum absolute atomic E-state index is 12.2. The van der Waals surface area contributed by atoms with Crippen LogP contribution >= 0.6 is 0 Å². The number of amides is 1. The Hall–Kier alpha value is -3.42. The van der Waals surface area contributed by atoms with Crippen molar-refractivity contribution >= 4 is 29.5 Å². The van der Waals surface area contributed by atoms with Gasteiger partial charge in [0, 0.05) is 0 Å². The van der Waals surface area contributed by atoms with Crippen LogP contribution in [0, 0.1) is 13.8 Å². The molecule has 29 heavy (non-hydrogen) atoms. The summed E-state index contributed by atoms with van der Waals surface area (Å²) in [7, 11) is 0. The number of hydrogen-bond donors (Lipinski definition) is 1. The minimum absolute atomic E-state index is 0.0301. The van der Waals surface area contributed by atoms with E-state index in [1.54, 1.807) is 13.0 Å². The van der Waals surface area contributed by atoms with Crippen molar-refractivity contribution in [3.63, 3.8) is 0 Å². The molecule has 1 aromatic carbocycles. The van der Waals surface area contributed by atoms with Gasteiger partial charge in [0.25, 0.3) is 5.91 Å². The van der Waals surface area contributed by atoms with Crippen molar-refractivity contribution in [3.8, 4) is 0 Å². The minimum atomic E-state index is -0.790. The van der Waals surface area contributed by atoms with Crippen LogP contribution in [0.15, 0.2) is 28.7 Å². The molecule has 0 radical (unpaired) electrons. The van der Waals surface area contributed by atoms with Gasteiger partial charge in [-0.15, -0.1) is 0 Å². The van der Waals surface area contributed by atoms with Gasteiger partial charge in [-0.2, -0.15) is 0 Å². The summed E-state index contributed by atoms with van der Waals surface area (Å²) in [6, 6.07) is 7.35. The smallest absolute Gasteiger partial charge is 0.344 e. The molecule has 0 aliphatic heterocycles. The maximum Gasteiger partial charge on any atom is 0.344 e. The number of carbonyl (C=O) groups is 4. The third-order valence-corrected chi connectivity index (χ3v) is 4.13. The summed E-state index contributed by atoms with van der Waals surface area (Å²) in [6.45, 7) is 5.78. The largest absolute Gasteiger partial charge is 0.462 e. The molecule has 0 bridgehead atoms. The fourth-order valence-corrected chi connectivity index (χ4v) is 2.78. The predicted molar refractivity (Wildman–Crippen MR) is 104 cm³/mol. The van der Waals surface area contributed by atoms with Gasteiger partial charge in [-0.3, -0.25) is 19.7 Å². The first-order valence-electron chi connectivity index (χ1n) is 9.06. The van der Waals surface area contributed by atoms with Crippen LogP contribution in [-0.2, 0) is 25.5 Å². The zero-order chi connectivity index (χ0) is 21.6. The first-order chi connectivity index (χ1) is 13.7. The van der Waals surface area contributed by atoms with Crippen LogP contribution < -0.4 is 5.32 Å². The molecule has 0 fully saturated rings. The number of anilines is 1. The molecule has 1 N–H and O–H groups in total. The number of Topliss-reactive ketones (excluding diaryl/α,β-unsaturated/α-hetero) is 1. The van der Waals surface area contributed by atoms with Gasteiger partial charge < -0.3 is 13.9 Å². The van der Waals surface area contributed by atoms with Crippen molar-refractivity contribution in [1.29, 1.82) is 0 Å². The maximum atomic E-state index is 12.2. The topological polar surface area (TPSA) is 112 Å². The number of rotatable bonds is 8. The predicted octanol–water partition coefficient (Wildman–Crippen LogP) is 3.00. The molecule has 1 heterocycles. The zero-order valence-electron chi connectivity index (χ0n) is 16.8. The van der Waals surface area contributed by atoms with Crippen LogP contribution in [0.25, 0.3) is 0 Å². The second-order valence-corrected chi connectivity index (χ2v) is 6.33. The van der Waals surface area contributed by atoms with E-state index in [1.807, 2.05) is 25.1 Å². The molecule has 2 rings (SSSR count). The van der Waals surface area contributed by atoms with E-state index < -0.39 is 30.2 Å². The van der Waals surface area contributed by atoms with Gasteiger partial charge in [-0.25, -0.2) is 4.79 Å². The van der Waals surface area contributed by atoms with Crippen LogP contribution in [0.1, 0.15) is 51.5 Å². The molecule has 0 aliphatic carbocycles. The normalized spacial score (nSPS) is 10.3. The van der Waals surface area contributed by atoms with Gasteiger partial charge in [-0.1, -0.05) is 24.3 Å². The molecule has 0 saturated carbocycles. The van der Waals surface area contributed by atoms with Crippen LogP contribution in [0.5, 0.6) is 0 Å². The van der Waals surface area contributed by atoms with Crippen molar-refractivity contribution in [2.75, 3.05) is 18.5 Å². The van der Waals surface area contributed by atoms with E-state index in [1.165, 1.54) is 13.8 Å². The summed E-state index contributed by atoms with van der Waals surface area (Å²) in [4.78, 5) is 48.2. The molecule has 0 atom stereocenters. The summed E-state index contributed by atoms with van der Waals surface area (Å²) < 4.78 is 15.3. The molecule has 2 aromatic rings. The van der Waals surface area contributed by atoms with Gasteiger partial charge >= 0.3 is 11.9 Å². The van der Waals surface area contributed by atoms with Gasteiger partial charge in [0.15, 0.2) is 12.4 Å². The Morgan fingerprint density at radius 1 is 1.03 bits per heavy atom. The number of furan rings is 1. The number of ketones is 1. The lowest BCUT2D eigenvalue weighted by Gasteiger charge is -2.08. The van der Waals surface area contributed by atoms with Gasteiger partial charge in [0.1, 0.15) is 11.3 Å². The third-order valence-electron chi connectivity index (χ3n) is 4.13. The third kappa shape index (κ3) is 5.54. The Balaban J connectivity index is 2.06. The standard InChI is InChI=1S/C21H23NO7/c1-5-27-21(26)19-18(13(3)23)14(4)29-20(19)22-16(24)11-28-17(25)10-15-9-7-6-8-12(15)2/h6-9H,5,10-11H2,1-4H3,(H,22,24). The minimum Gasteiger partial charge on any atom is -0.462 e. The average molecular weight is 401 g/mol. The van der Waals surface area contributed by atoms with Gasteiger partial charge in [0.2, 0.25) is 5.88 Å². The quantitative estimate of drug-likeness (QED) is 0.534. The van der Waals surface area contributed by atoms with Crippen LogP contribution in [0.4, 0.5) is 5.88 Å². The van der Waals surface area contributed by atoms with Crippen molar-refractivity contribution < 1.29 is 33.1 Å². The first-order valence-corrected chi connectivity index (χ1v) is 9.06. The van der Waals surface area contributed by atoms with Gasteiger partial charge in [0.05, 0.1) is 18.6 Å². The molecule has 1 amide bonds. The molecule has 8 heteroatoms. The van der Waals surface area contributed by atoms with Crippen LogP contribution in [0.2, 0.25) is 0 Å². The number of benzene rings is 1. The number of aryl methyl sites for hydroxylation is 2. The summed E-state index contributed by atoms with van der Waals surface area (Å²) in [5.41, 5.74) is 1.62. The van der Waals surface area contributed by atoms with Crippen molar-refractivity contribution in [1.82, 2.24) is 0 Å². The number of hydrogen-bond acceptors (Lipinski definition) is 7. The van der Waals surface area contributed by atoms with E-state index in [0.29, 0.717) is 0 Å². The molecule has 1 aromatic heterocycles. The lowest BCUT2D eigenvalue weighted by Crippen LogP contribution is -2.23. The molecule has 0 spiro atoms. The molecule has 0 saturated heterocycles. The van der Waals surface area contributed by atoms with Gasteiger partial charge in [-0.05, 0) is 38.8 Å². The summed E-state index contributed by atoms with van der Waals surface area (Å²) in [5, 5.41) is 2.36. The van der Waals surface area contributed by atoms with Crippen LogP contribution in [0.3, 0.4) is 0 Å². The Labute approximate surface area is 168 Å². The second kappa shape index (κ2) is 9.68. The molecule has 154 valence electrons. The Morgan fingerprint density at radius 3 is 2.34 bits per heavy atom. The summed E-state index contributed by atoms with van der Waals surface area (Å²) in [5.74, 6) is -2.52. The number of carbonyl (C=O) groups excluding carboxylic acids is 4. The van der Waals surface area contributed by atoms with Crippen molar-refractivity contribution in [2.24, 2.45) is 0 Å². The van der Waals surface area contributed by atoms with E-state index in [2.05, 4.69) is 5.32 Å². The summed E-state index contributed by atoms with van der Waals surface area (Å²) in [6.07, 6.45) is 0.0301. The number of nitrogens with one attached hydrogen (secondary N) is 1. The Bertz CT molecular complexity index is 943. The molecule has 0 unspecified atom stereocenters. The fourth-order valence-electron chi connectivity index (χ4n) is 2.78. The molecule has 0 aliphatic rings. The first kappa shape index (κ1) is 21.9. The highest BCUT2D eigenvalue weighted by Crippen LogP contribution is 2.28. The summed E-state index contributed by atoms with van der Waals surface area (Å²) >= 11 is 0. The molecular weight excluding hydrogens is 378 g/mol. The molecular formula is C21H23NO7. The lowest BCUT2D eigenvalue weighted by molar-refractivity contribution is -0.146. The number of ether oxygens (including phenoxy) is 2. The lowest BCUT2D eigenvalue weighted by atomic mass is 10.1. The van der Waals surface area contributed by atoms with E-state index >= 15 is 0 Å². The highest BCUT2D eigenvalue weighted by atomic mass is 16.5. The van der Waals surface area contributed by atoms with Crippen molar-refractivity contribution in [3.05, 3.63) is 52.3 Å². The highest BCUT2D eigenvalue weighted by Gasteiger charge is 2.28. The second-order valence-electron chi connectivity index (χ2n) is 6.33. The van der Waals surface area contributed by atoms with Crippen LogP contribution in [-0.4, -0.2) is 36.8 Å². The van der Waals surface area contributed by atoms with Crippen molar-refractivity contribution in [2.45, 2.75) is 34.1 Å². The highest BCUT2D eigenvalue weighted by molar-refractivity contribution is 6.10. The van der Waals surface area contributed by atoms with E-state index in [-0.39, 0.29) is 35.8 Å². The zero-order valence-corrected chi connectivity index (χ0v) is 16.8. The van der Waals surface area contributed by atoms with E-state index in [4.69, 9.17) is 13.9 Å². The average Bonchev–Trinajstić information content (AvgIpc) is 2.98. The Morgan fingerprint density at radius 2 is 1.72 bits per heavy atom.